The summed E-state index contributed by atoms with van der Waals surface area (Å²) in [6, 6.07) is 5.27. The molecular formula is C11H9BrO3. The van der Waals surface area contributed by atoms with Crippen molar-refractivity contribution in [2.24, 2.45) is 0 Å². The molecule has 2 rings (SSSR count). The number of methoxy groups -OCH3 is 1. The number of ether oxygens (including phenoxy) is 1. The van der Waals surface area contributed by atoms with Gasteiger partial charge in [0.05, 0.1) is 7.11 Å². The second kappa shape index (κ2) is 3.70. The molecule has 3 nitrogen and oxygen atoms in total. The van der Waals surface area contributed by atoms with E-state index < -0.39 is 0 Å². The smallest absolute Gasteiger partial charge is 0.210 e. The molecule has 0 saturated heterocycles. The Morgan fingerprint density at radius 1 is 1.40 bits per heavy atom. The summed E-state index contributed by atoms with van der Waals surface area (Å²) in [6.45, 7) is 1.74. The van der Waals surface area contributed by atoms with Gasteiger partial charge in [-0.3, -0.25) is 4.79 Å². The minimum atomic E-state index is -0.105. The van der Waals surface area contributed by atoms with Gasteiger partial charge >= 0.3 is 0 Å². The zero-order chi connectivity index (χ0) is 11.0. The van der Waals surface area contributed by atoms with E-state index in [0.29, 0.717) is 27.0 Å². The molecule has 0 saturated carbocycles. The molecule has 0 aliphatic heterocycles. The standard InChI is InChI=1S/C11H9BrO3/c1-6-10(12)11(13)9-7(14-2)4-3-5-8(9)15-6/h3-5H,1-2H3. The molecule has 1 aromatic carbocycles. The fourth-order valence-electron chi connectivity index (χ4n) is 1.47. The second-order valence-corrected chi connectivity index (χ2v) is 3.93. The topological polar surface area (TPSA) is 39.4 Å². The Labute approximate surface area is 94.8 Å². The van der Waals surface area contributed by atoms with Crippen LogP contribution >= 0.6 is 15.9 Å². The Balaban J connectivity index is 3.00. The highest BCUT2D eigenvalue weighted by Crippen LogP contribution is 2.25. The van der Waals surface area contributed by atoms with Crippen LogP contribution in [0.2, 0.25) is 0 Å². The fourth-order valence-corrected chi connectivity index (χ4v) is 1.75. The normalized spacial score (nSPS) is 10.6. The zero-order valence-corrected chi connectivity index (χ0v) is 9.92. The molecule has 2 aromatic rings. The molecule has 78 valence electrons. The van der Waals surface area contributed by atoms with Crippen molar-refractivity contribution in [3.8, 4) is 5.75 Å². The van der Waals surface area contributed by atoms with E-state index >= 15 is 0 Å². The Kier molecular flexibility index (Phi) is 2.52. The average molecular weight is 269 g/mol. The highest BCUT2D eigenvalue weighted by atomic mass is 79.9. The van der Waals surface area contributed by atoms with Gasteiger partial charge in [-0.15, -0.1) is 0 Å². The van der Waals surface area contributed by atoms with Crippen molar-refractivity contribution >= 4 is 26.9 Å². The summed E-state index contributed by atoms with van der Waals surface area (Å²) >= 11 is 3.20. The molecule has 0 spiro atoms. The quantitative estimate of drug-likeness (QED) is 0.799. The molecule has 4 heteroatoms. The number of fused-ring (bicyclic) bond motifs is 1. The lowest BCUT2D eigenvalue weighted by Crippen LogP contribution is -2.05. The van der Waals surface area contributed by atoms with Gasteiger partial charge in [0, 0.05) is 0 Å². The predicted octanol–water partition coefficient (Wildman–Crippen LogP) is 2.87. The third kappa shape index (κ3) is 1.55. The van der Waals surface area contributed by atoms with Gasteiger partial charge < -0.3 is 9.15 Å². The van der Waals surface area contributed by atoms with Crippen molar-refractivity contribution in [1.29, 1.82) is 0 Å². The number of hydrogen-bond acceptors (Lipinski definition) is 3. The van der Waals surface area contributed by atoms with Crippen LogP contribution in [0.1, 0.15) is 5.76 Å². The Morgan fingerprint density at radius 2 is 2.13 bits per heavy atom. The Morgan fingerprint density at radius 3 is 2.80 bits per heavy atom. The lowest BCUT2D eigenvalue weighted by atomic mass is 10.2. The lowest BCUT2D eigenvalue weighted by molar-refractivity contribution is 0.418. The third-order valence-corrected chi connectivity index (χ3v) is 3.12. The molecule has 0 atom stereocenters. The lowest BCUT2D eigenvalue weighted by Gasteiger charge is -2.05. The predicted molar refractivity (Wildman–Crippen MR) is 61.5 cm³/mol. The molecule has 15 heavy (non-hydrogen) atoms. The van der Waals surface area contributed by atoms with Crippen molar-refractivity contribution in [2.75, 3.05) is 7.11 Å². The first-order chi connectivity index (χ1) is 7.15. The maximum absolute atomic E-state index is 11.9. The molecule has 0 unspecified atom stereocenters. The summed E-state index contributed by atoms with van der Waals surface area (Å²) in [6.07, 6.45) is 0. The SMILES string of the molecule is COc1cccc2oc(C)c(Br)c(=O)c12. The van der Waals surface area contributed by atoms with Crippen LogP contribution in [-0.2, 0) is 0 Å². The zero-order valence-electron chi connectivity index (χ0n) is 8.33. The van der Waals surface area contributed by atoms with Gasteiger partial charge in [-0.25, -0.2) is 0 Å². The van der Waals surface area contributed by atoms with Crippen molar-refractivity contribution in [3.63, 3.8) is 0 Å². The highest BCUT2D eigenvalue weighted by Gasteiger charge is 2.12. The van der Waals surface area contributed by atoms with Crippen molar-refractivity contribution in [2.45, 2.75) is 6.92 Å². The van der Waals surface area contributed by atoms with Crippen LogP contribution in [0.4, 0.5) is 0 Å². The van der Waals surface area contributed by atoms with E-state index in [4.69, 9.17) is 9.15 Å². The van der Waals surface area contributed by atoms with Gasteiger partial charge in [-0.1, -0.05) is 6.07 Å². The van der Waals surface area contributed by atoms with Crippen molar-refractivity contribution in [1.82, 2.24) is 0 Å². The van der Waals surface area contributed by atoms with E-state index in [1.807, 2.05) is 0 Å². The van der Waals surface area contributed by atoms with Gasteiger partial charge in [-0.05, 0) is 35.0 Å². The molecule has 0 amide bonds. The van der Waals surface area contributed by atoms with E-state index in [1.54, 1.807) is 25.1 Å². The van der Waals surface area contributed by atoms with E-state index in [0.717, 1.165) is 0 Å². The molecule has 1 heterocycles. The molecule has 0 fully saturated rings. The van der Waals surface area contributed by atoms with Crippen molar-refractivity contribution in [3.05, 3.63) is 38.7 Å². The first-order valence-electron chi connectivity index (χ1n) is 4.41. The van der Waals surface area contributed by atoms with Crippen LogP contribution in [0.25, 0.3) is 11.0 Å². The van der Waals surface area contributed by atoms with E-state index in [2.05, 4.69) is 15.9 Å². The summed E-state index contributed by atoms with van der Waals surface area (Å²) in [5, 5.41) is 0.470. The number of benzene rings is 1. The van der Waals surface area contributed by atoms with E-state index in [9.17, 15) is 4.79 Å². The first-order valence-corrected chi connectivity index (χ1v) is 5.20. The maximum atomic E-state index is 11.9. The summed E-state index contributed by atoms with van der Waals surface area (Å²) in [7, 11) is 1.53. The number of hydrogen-bond donors (Lipinski definition) is 0. The molecule has 0 aliphatic rings. The number of aryl methyl sites for hydroxylation is 1. The molecule has 0 aliphatic carbocycles. The van der Waals surface area contributed by atoms with Crippen LogP contribution in [0, 0.1) is 6.92 Å². The second-order valence-electron chi connectivity index (χ2n) is 3.13. The van der Waals surface area contributed by atoms with Gasteiger partial charge in [0.25, 0.3) is 0 Å². The number of rotatable bonds is 1. The average Bonchev–Trinajstić information content (AvgIpc) is 2.25. The van der Waals surface area contributed by atoms with Gasteiger partial charge in [0.15, 0.2) is 0 Å². The summed E-state index contributed by atoms with van der Waals surface area (Å²) in [4.78, 5) is 11.9. The minimum Gasteiger partial charge on any atom is -0.496 e. The summed E-state index contributed by atoms with van der Waals surface area (Å²) < 4.78 is 11.1. The summed E-state index contributed by atoms with van der Waals surface area (Å²) in [5.74, 6) is 1.10. The summed E-state index contributed by atoms with van der Waals surface area (Å²) in [5.41, 5.74) is 0.436. The van der Waals surface area contributed by atoms with Crippen LogP contribution in [0.5, 0.6) is 5.75 Å². The minimum absolute atomic E-state index is 0.105. The molecular weight excluding hydrogens is 260 g/mol. The monoisotopic (exact) mass is 268 g/mol. The fraction of sp³-hybridized carbons (Fsp3) is 0.182. The van der Waals surface area contributed by atoms with Crippen LogP contribution < -0.4 is 10.2 Å². The van der Waals surface area contributed by atoms with Gasteiger partial charge in [0.2, 0.25) is 5.43 Å². The van der Waals surface area contributed by atoms with Crippen LogP contribution in [-0.4, -0.2) is 7.11 Å². The van der Waals surface area contributed by atoms with Crippen LogP contribution in [0.3, 0.4) is 0 Å². The van der Waals surface area contributed by atoms with E-state index in [1.165, 1.54) is 7.11 Å². The maximum Gasteiger partial charge on any atom is 0.210 e. The van der Waals surface area contributed by atoms with Gasteiger partial charge in [-0.2, -0.15) is 0 Å². The van der Waals surface area contributed by atoms with E-state index in [-0.39, 0.29) is 5.43 Å². The van der Waals surface area contributed by atoms with Crippen LogP contribution in [0.15, 0.2) is 31.9 Å². The first kappa shape index (κ1) is 10.2. The highest BCUT2D eigenvalue weighted by molar-refractivity contribution is 9.10. The largest absolute Gasteiger partial charge is 0.496 e. The van der Waals surface area contributed by atoms with Gasteiger partial charge in [0.1, 0.15) is 27.0 Å². The Hall–Kier alpha value is -1.29. The Bertz CT molecular complexity index is 572. The third-order valence-electron chi connectivity index (χ3n) is 2.21. The molecule has 0 bridgehead atoms. The van der Waals surface area contributed by atoms with Crippen molar-refractivity contribution < 1.29 is 9.15 Å². The molecule has 0 radical (unpaired) electrons. The molecule has 1 aromatic heterocycles. The molecule has 0 N–H and O–H groups in total. The number of halogens is 1.